The molecule has 0 spiro atoms. The number of ether oxygens (including phenoxy) is 1. The summed E-state index contributed by atoms with van der Waals surface area (Å²) in [5.74, 6) is 0.0847. The molecule has 27 heavy (non-hydrogen) atoms. The normalized spacial score (nSPS) is 21.4. The average Bonchev–Trinajstić information content (AvgIpc) is 3.05. The van der Waals surface area contributed by atoms with E-state index in [-0.39, 0.29) is 16.6 Å². The summed E-state index contributed by atoms with van der Waals surface area (Å²) >= 11 is 5.96. The number of carbonyl (C=O) groups is 1. The molecule has 2 atom stereocenters. The number of para-hydroxylation sites is 2. The van der Waals surface area contributed by atoms with E-state index in [0.29, 0.717) is 18.0 Å². The lowest BCUT2D eigenvalue weighted by Crippen LogP contribution is -2.44. The SMILES string of the molecule is COc1ccc(Cl)cc1S(=O)(=O)NC1CC2C(=O)Nc3ccccc3N2C1. The summed E-state index contributed by atoms with van der Waals surface area (Å²) in [5.41, 5.74) is 1.63. The minimum Gasteiger partial charge on any atom is -0.495 e. The van der Waals surface area contributed by atoms with Crippen molar-refractivity contribution in [1.82, 2.24) is 4.72 Å². The number of anilines is 2. The van der Waals surface area contributed by atoms with E-state index in [4.69, 9.17) is 16.3 Å². The zero-order chi connectivity index (χ0) is 19.2. The molecule has 0 bridgehead atoms. The van der Waals surface area contributed by atoms with E-state index < -0.39 is 22.1 Å². The summed E-state index contributed by atoms with van der Waals surface area (Å²) in [4.78, 5) is 14.3. The molecule has 142 valence electrons. The van der Waals surface area contributed by atoms with E-state index in [2.05, 4.69) is 10.0 Å². The van der Waals surface area contributed by atoms with Gasteiger partial charge in [0.15, 0.2) is 0 Å². The van der Waals surface area contributed by atoms with E-state index in [9.17, 15) is 13.2 Å². The largest absolute Gasteiger partial charge is 0.495 e. The number of halogens is 1. The lowest BCUT2D eigenvalue weighted by Gasteiger charge is -2.32. The van der Waals surface area contributed by atoms with Gasteiger partial charge >= 0.3 is 0 Å². The van der Waals surface area contributed by atoms with Crippen LogP contribution in [-0.4, -0.2) is 40.1 Å². The highest BCUT2D eigenvalue weighted by Crippen LogP contribution is 2.37. The fourth-order valence-corrected chi connectivity index (χ4v) is 5.30. The summed E-state index contributed by atoms with van der Waals surface area (Å²) in [6, 6.07) is 11.1. The lowest BCUT2D eigenvalue weighted by atomic mass is 10.1. The number of nitrogens with one attached hydrogen (secondary N) is 2. The van der Waals surface area contributed by atoms with Crippen molar-refractivity contribution < 1.29 is 17.9 Å². The Morgan fingerprint density at radius 1 is 1.26 bits per heavy atom. The first-order chi connectivity index (χ1) is 12.9. The van der Waals surface area contributed by atoms with Crippen LogP contribution in [0.1, 0.15) is 6.42 Å². The molecule has 4 rings (SSSR count). The second kappa shape index (κ2) is 6.70. The predicted octanol–water partition coefficient (Wildman–Crippen LogP) is 2.23. The van der Waals surface area contributed by atoms with Gasteiger partial charge in [0.05, 0.1) is 18.5 Å². The van der Waals surface area contributed by atoms with Gasteiger partial charge in [-0.05, 0) is 36.8 Å². The van der Waals surface area contributed by atoms with Crippen LogP contribution >= 0.6 is 11.6 Å². The Balaban J connectivity index is 1.60. The molecule has 2 N–H and O–H groups in total. The van der Waals surface area contributed by atoms with Gasteiger partial charge in [0, 0.05) is 17.6 Å². The monoisotopic (exact) mass is 407 g/mol. The van der Waals surface area contributed by atoms with Crippen LogP contribution in [0.15, 0.2) is 47.4 Å². The van der Waals surface area contributed by atoms with Gasteiger partial charge in [-0.15, -0.1) is 0 Å². The molecule has 1 saturated heterocycles. The van der Waals surface area contributed by atoms with Crippen LogP contribution in [0.5, 0.6) is 5.75 Å². The summed E-state index contributed by atoms with van der Waals surface area (Å²) < 4.78 is 33.6. The van der Waals surface area contributed by atoms with Gasteiger partial charge in [-0.1, -0.05) is 23.7 Å². The highest BCUT2D eigenvalue weighted by Gasteiger charge is 2.42. The van der Waals surface area contributed by atoms with Crippen molar-refractivity contribution in [3.63, 3.8) is 0 Å². The molecule has 0 aliphatic carbocycles. The average molecular weight is 408 g/mol. The maximum absolute atomic E-state index is 12.9. The van der Waals surface area contributed by atoms with Gasteiger partial charge in [-0.25, -0.2) is 13.1 Å². The van der Waals surface area contributed by atoms with Gasteiger partial charge in [0.1, 0.15) is 16.7 Å². The summed E-state index contributed by atoms with van der Waals surface area (Å²) in [7, 11) is -2.46. The Morgan fingerprint density at radius 2 is 2.04 bits per heavy atom. The molecule has 1 fully saturated rings. The summed E-state index contributed by atoms with van der Waals surface area (Å²) in [6.07, 6.45) is 0.377. The third-order valence-corrected chi connectivity index (χ3v) is 6.59. The molecule has 1 amide bonds. The maximum Gasteiger partial charge on any atom is 0.247 e. The number of rotatable bonds is 4. The number of carbonyl (C=O) groups excluding carboxylic acids is 1. The fraction of sp³-hybridized carbons (Fsp3) is 0.278. The minimum atomic E-state index is -3.86. The first-order valence-electron chi connectivity index (χ1n) is 8.41. The number of methoxy groups -OCH3 is 1. The van der Waals surface area contributed by atoms with Crippen LogP contribution in [0.3, 0.4) is 0 Å². The van der Waals surface area contributed by atoms with Crippen LogP contribution in [0.2, 0.25) is 5.02 Å². The molecule has 2 aliphatic heterocycles. The van der Waals surface area contributed by atoms with Crippen molar-refractivity contribution >= 4 is 38.9 Å². The fourth-order valence-electron chi connectivity index (χ4n) is 3.63. The molecular weight excluding hydrogens is 390 g/mol. The van der Waals surface area contributed by atoms with Crippen molar-refractivity contribution in [1.29, 1.82) is 0 Å². The number of nitrogens with zero attached hydrogens (tertiary/aromatic N) is 1. The molecule has 0 saturated carbocycles. The zero-order valence-electron chi connectivity index (χ0n) is 14.5. The van der Waals surface area contributed by atoms with Crippen LogP contribution in [0, 0.1) is 0 Å². The number of hydrogen-bond acceptors (Lipinski definition) is 5. The maximum atomic E-state index is 12.9. The number of benzene rings is 2. The molecule has 2 aromatic carbocycles. The second-order valence-corrected chi connectivity index (χ2v) is 8.64. The number of hydrogen-bond donors (Lipinski definition) is 2. The lowest BCUT2D eigenvalue weighted by molar-refractivity contribution is -0.117. The summed E-state index contributed by atoms with van der Waals surface area (Å²) in [5, 5.41) is 3.18. The molecule has 0 radical (unpaired) electrons. The van der Waals surface area contributed by atoms with Crippen LogP contribution < -0.4 is 19.7 Å². The van der Waals surface area contributed by atoms with E-state index in [1.165, 1.54) is 19.2 Å². The standard InChI is InChI=1S/C18H18ClN3O4S/c1-26-16-7-6-11(19)8-17(16)27(24,25)21-12-9-15-18(23)20-13-4-2-3-5-14(13)22(15)10-12/h2-8,12,15,21H,9-10H2,1H3,(H,20,23). The Labute approximate surface area is 162 Å². The highest BCUT2D eigenvalue weighted by molar-refractivity contribution is 7.89. The quantitative estimate of drug-likeness (QED) is 0.811. The topological polar surface area (TPSA) is 87.7 Å². The van der Waals surface area contributed by atoms with Crippen LogP contribution in [0.4, 0.5) is 11.4 Å². The van der Waals surface area contributed by atoms with Crippen molar-refractivity contribution in [3.8, 4) is 5.75 Å². The predicted molar refractivity (Wildman–Crippen MR) is 103 cm³/mol. The minimum absolute atomic E-state index is 0.0211. The van der Waals surface area contributed by atoms with Crippen LogP contribution in [-0.2, 0) is 14.8 Å². The number of amides is 1. The molecule has 2 aromatic rings. The van der Waals surface area contributed by atoms with Gasteiger partial charge < -0.3 is 15.0 Å². The molecule has 0 aromatic heterocycles. The zero-order valence-corrected chi connectivity index (χ0v) is 16.0. The van der Waals surface area contributed by atoms with Crippen LogP contribution in [0.25, 0.3) is 0 Å². The Bertz CT molecular complexity index is 1010. The molecule has 2 unspecified atom stereocenters. The number of sulfonamides is 1. The van der Waals surface area contributed by atoms with Crippen molar-refractivity contribution in [2.45, 2.75) is 23.4 Å². The third kappa shape index (κ3) is 3.24. The molecule has 2 aliphatic rings. The molecule has 2 heterocycles. The Morgan fingerprint density at radius 3 is 2.81 bits per heavy atom. The smallest absolute Gasteiger partial charge is 0.247 e. The van der Waals surface area contributed by atoms with Gasteiger partial charge in [-0.3, -0.25) is 4.79 Å². The van der Waals surface area contributed by atoms with Crippen molar-refractivity contribution in [2.75, 3.05) is 23.9 Å². The van der Waals surface area contributed by atoms with E-state index >= 15 is 0 Å². The van der Waals surface area contributed by atoms with Gasteiger partial charge in [0.25, 0.3) is 0 Å². The Kier molecular flexibility index (Phi) is 4.49. The third-order valence-electron chi connectivity index (χ3n) is 4.81. The van der Waals surface area contributed by atoms with Gasteiger partial charge in [0.2, 0.25) is 15.9 Å². The first kappa shape index (κ1) is 18.1. The highest BCUT2D eigenvalue weighted by atomic mass is 35.5. The molecule has 9 heteroatoms. The summed E-state index contributed by atoms with van der Waals surface area (Å²) in [6.45, 7) is 0.400. The second-order valence-electron chi connectivity index (χ2n) is 6.52. The van der Waals surface area contributed by atoms with Crippen molar-refractivity contribution in [2.24, 2.45) is 0 Å². The van der Waals surface area contributed by atoms with E-state index in [1.54, 1.807) is 6.07 Å². The van der Waals surface area contributed by atoms with E-state index in [0.717, 1.165) is 11.4 Å². The Hall–Kier alpha value is -2.29. The first-order valence-corrected chi connectivity index (χ1v) is 10.3. The van der Waals surface area contributed by atoms with Crippen molar-refractivity contribution in [3.05, 3.63) is 47.5 Å². The molecule has 7 nitrogen and oxygen atoms in total. The molecular formula is C18H18ClN3O4S. The number of fused-ring (bicyclic) bond motifs is 3. The van der Waals surface area contributed by atoms with E-state index in [1.807, 2.05) is 29.2 Å². The van der Waals surface area contributed by atoms with Gasteiger partial charge in [-0.2, -0.15) is 0 Å².